The molecule has 2 amide bonds. The third kappa shape index (κ3) is 4.76. The number of carbonyl (C=O) groups is 1. The number of anilines is 1. The third-order valence-electron chi connectivity index (χ3n) is 4.26. The van der Waals surface area contributed by atoms with Crippen LogP contribution >= 0.6 is 0 Å². The molecule has 1 saturated carbocycles. The molecular weight excluding hydrogens is 260 g/mol. The molecule has 1 aliphatic carbocycles. The predicted molar refractivity (Wildman–Crippen MR) is 88.7 cm³/mol. The zero-order valence-corrected chi connectivity index (χ0v) is 13.5. The van der Waals surface area contributed by atoms with Gasteiger partial charge in [0.1, 0.15) is 0 Å². The van der Waals surface area contributed by atoms with Gasteiger partial charge >= 0.3 is 6.03 Å². The Balaban J connectivity index is 1.90. The first-order valence-electron chi connectivity index (χ1n) is 8.11. The quantitative estimate of drug-likeness (QED) is 0.832. The molecule has 1 aromatic carbocycles. The maximum absolute atomic E-state index is 12.1. The van der Waals surface area contributed by atoms with Gasteiger partial charge in [-0.15, -0.1) is 0 Å². The fraction of sp³-hybridized carbons (Fsp3) is 0.611. The Kier molecular flexibility index (Phi) is 5.27. The number of amides is 2. The summed E-state index contributed by atoms with van der Waals surface area (Å²) in [7, 11) is 0. The Bertz CT molecular complexity index is 470. The summed E-state index contributed by atoms with van der Waals surface area (Å²) in [6, 6.07) is 7.95. The molecule has 0 unspecified atom stereocenters. The van der Waals surface area contributed by atoms with Crippen LogP contribution in [0.15, 0.2) is 24.3 Å². The number of hydrogen-bond donors (Lipinski definition) is 2. The number of hydrogen-bond acceptors (Lipinski definition) is 1. The Hall–Kier alpha value is -1.51. The van der Waals surface area contributed by atoms with E-state index in [1.165, 1.54) is 32.1 Å². The van der Waals surface area contributed by atoms with Crippen molar-refractivity contribution in [2.24, 2.45) is 5.92 Å². The van der Waals surface area contributed by atoms with Crippen LogP contribution in [0.25, 0.3) is 0 Å². The molecule has 3 nitrogen and oxygen atoms in total. The van der Waals surface area contributed by atoms with E-state index in [0.717, 1.165) is 17.8 Å². The van der Waals surface area contributed by atoms with Crippen LogP contribution in [0.1, 0.15) is 58.4 Å². The standard InChI is InChI=1S/C18H28N2O/c1-18(2,3)15-11-7-8-12-16(15)20-17(21)19-13-14-9-5-4-6-10-14/h7-8,11-12,14H,4-6,9-10,13H2,1-3H3,(H2,19,20,21). The molecule has 0 saturated heterocycles. The van der Waals surface area contributed by atoms with Crippen molar-refractivity contribution in [3.8, 4) is 0 Å². The summed E-state index contributed by atoms with van der Waals surface area (Å²) in [6.45, 7) is 7.28. The highest BCUT2D eigenvalue weighted by molar-refractivity contribution is 5.90. The maximum atomic E-state index is 12.1. The summed E-state index contributed by atoms with van der Waals surface area (Å²) in [5.74, 6) is 0.655. The lowest BCUT2D eigenvalue weighted by atomic mass is 9.86. The van der Waals surface area contributed by atoms with Crippen molar-refractivity contribution in [2.45, 2.75) is 58.3 Å². The van der Waals surface area contributed by atoms with Crippen LogP contribution in [-0.4, -0.2) is 12.6 Å². The summed E-state index contributed by atoms with van der Waals surface area (Å²) in [5, 5.41) is 6.04. The van der Waals surface area contributed by atoms with Gasteiger partial charge in [0, 0.05) is 12.2 Å². The number of benzene rings is 1. The average molecular weight is 288 g/mol. The predicted octanol–water partition coefficient (Wildman–Crippen LogP) is 4.69. The van der Waals surface area contributed by atoms with Gasteiger partial charge in [-0.3, -0.25) is 0 Å². The highest BCUT2D eigenvalue weighted by Crippen LogP contribution is 2.29. The van der Waals surface area contributed by atoms with Gasteiger partial charge in [0.15, 0.2) is 0 Å². The van der Waals surface area contributed by atoms with Crippen LogP contribution in [0.3, 0.4) is 0 Å². The van der Waals surface area contributed by atoms with Crippen molar-refractivity contribution in [1.29, 1.82) is 0 Å². The zero-order chi connectivity index (χ0) is 15.3. The second-order valence-corrected chi connectivity index (χ2v) is 7.13. The molecule has 1 aliphatic rings. The molecule has 0 aromatic heterocycles. The van der Waals surface area contributed by atoms with Crippen molar-refractivity contribution in [1.82, 2.24) is 5.32 Å². The first-order chi connectivity index (χ1) is 9.97. The number of nitrogens with one attached hydrogen (secondary N) is 2. The summed E-state index contributed by atoms with van der Waals surface area (Å²) in [4.78, 5) is 12.1. The van der Waals surface area contributed by atoms with Gasteiger partial charge in [-0.05, 0) is 35.8 Å². The molecule has 1 aromatic rings. The van der Waals surface area contributed by atoms with Crippen molar-refractivity contribution in [3.63, 3.8) is 0 Å². The smallest absolute Gasteiger partial charge is 0.319 e. The van der Waals surface area contributed by atoms with Gasteiger partial charge in [0.05, 0.1) is 0 Å². The van der Waals surface area contributed by atoms with E-state index in [0.29, 0.717) is 5.92 Å². The Labute approximate surface area is 128 Å². The van der Waals surface area contributed by atoms with Crippen molar-refractivity contribution >= 4 is 11.7 Å². The molecule has 2 N–H and O–H groups in total. The van der Waals surface area contributed by atoms with Gasteiger partial charge in [-0.25, -0.2) is 4.79 Å². The minimum Gasteiger partial charge on any atom is -0.338 e. The molecular formula is C18H28N2O. The van der Waals surface area contributed by atoms with Gasteiger partial charge < -0.3 is 10.6 Å². The topological polar surface area (TPSA) is 41.1 Å². The summed E-state index contributed by atoms with van der Waals surface area (Å²) in [6.07, 6.45) is 6.46. The third-order valence-corrected chi connectivity index (χ3v) is 4.26. The zero-order valence-electron chi connectivity index (χ0n) is 13.5. The molecule has 1 fully saturated rings. The molecule has 116 valence electrons. The largest absolute Gasteiger partial charge is 0.338 e. The van der Waals surface area contributed by atoms with Crippen LogP contribution in [0.5, 0.6) is 0 Å². The normalized spacial score (nSPS) is 16.5. The summed E-state index contributed by atoms with van der Waals surface area (Å²) >= 11 is 0. The first-order valence-corrected chi connectivity index (χ1v) is 8.11. The molecule has 0 spiro atoms. The van der Waals surface area contributed by atoms with Crippen LogP contribution in [0.2, 0.25) is 0 Å². The van der Waals surface area contributed by atoms with Crippen molar-refractivity contribution in [2.75, 3.05) is 11.9 Å². The van der Waals surface area contributed by atoms with Crippen molar-refractivity contribution < 1.29 is 4.79 Å². The van der Waals surface area contributed by atoms with Gasteiger partial charge in [-0.1, -0.05) is 58.2 Å². The maximum Gasteiger partial charge on any atom is 0.319 e. The van der Waals surface area contributed by atoms with Crippen LogP contribution in [0, 0.1) is 5.92 Å². The van der Waals surface area contributed by atoms with E-state index in [2.05, 4.69) is 37.5 Å². The van der Waals surface area contributed by atoms with Gasteiger partial charge in [0.2, 0.25) is 0 Å². The number of rotatable bonds is 3. The minimum absolute atomic E-state index is 0.0211. The Morgan fingerprint density at radius 1 is 1.14 bits per heavy atom. The number of para-hydroxylation sites is 1. The van der Waals surface area contributed by atoms with E-state index in [-0.39, 0.29) is 11.4 Å². The monoisotopic (exact) mass is 288 g/mol. The lowest BCUT2D eigenvalue weighted by Crippen LogP contribution is -2.34. The van der Waals surface area contributed by atoms with Crippen molar-refractivity contribution in [3.05, 3.63) is 29.8 Å². The van der Waals surface area contributed by atoms with E-state index >= 15 is 0 Å². The van der Waals surface area contributed by atoms with E-state index < -0.39 is 0 Å². The van der Waals surface area contributed by atoms with Crippen LogP contribution in [0.4, 0.5) is 10.5 Å². The molecule has 2 rings (SSSR count). The summed E-state index contributed by atoms with van der Waals surface area (Å²) < 4.78 is 0. The molecule has 0 bridgehead atoms. The second kappa shape index (κ2) is 6.97. The highest BCUT2D eigenvalue weighted by Gasteiger charge is 2.19. The number of carbonyl (C=O) groups excluding carboxylic acids is 1. The molecule has 21 heavy (non-hydrogen) atoms. The molecule has 0 heterocycles. The van der Waals surface area contributed by atoms with Crippen LogP contribution in [-0.2, 0) is 5.41 Å². The molecule has 0 atom stereocenters. The van der Waals surface area contributed by atoms with E-state index in [4.69, 9.17) is 0 Å². The van der Waals surface area contributed by atoms with Gasteiger partial charge in [-0.2, -0.15) is 0 Å². The molecule has 0 radical (unpaired) electrons. The SMILES string of the molecule is CC(C)(C)c1ccccc1NC(=O)NCC1CCCCC1. The highest BCUT2D eigenvalue weighted by atomic mass is 16.2. The summed E-state index contributed by atoms with van der Waals surface area (Å²) in [5.41, 5.74) is 2.09. The minimum atomic E-state index is -0.0859. The first kappa shape index (κ1) is 15.9. The fourth-order valence-corrected chi connectivity index (χ4v) is 3.04. The lowest BCUT2D eigenvalue weighted by Gasteiger charge is -2.24. The van der Waals surface area contributed by atoms with E-state index in [1.807, 2.05) is 18.2 Å². The van der Waals surface area contributed by atoms with Crippen LogP contribution < -0.4 is 10.6 Å². The molecule has 3 heteroatoms. The van der Waals surface area contributed by atoms with E-state index in [9.17, 15) is 4.79 Å². The van der Waals surface area contributed by atoms with Gasteiger partial charge in [0.25, 0.3) is 0 Å². The second-order valence-electron chi connectivity index (χ2n) is 7.13. The average Bonchev–Trinajstić information content (AvgIpc) is 2.46. The molecule has 0 aliphatic heterocycles. The fourth-order valence-electron chi connectivity index (χ4n) is 3.04. The van der Waals surface area contributed by atoms with E-state index in [1.54, 1.807) is 0 Å². The Morgan fingerprint density at radius 2 is 1.81 bits per heavy atom. The Morgan fingerprint density at radius 3 is 2.48 bits per heavy atom. The number of urea groups is 1. The lowest BCUT2D eigenvalue weighted by molar-refractivity contribution is 0.247.